The van der Waals surface area contributed by atoms with E-state index >= 15 is 0 Å². The van der Waals surface area contributed by atoms with Gasteiger partial charge in [-0.05, 0) is 62.1 Å². The van der Waals surface area contributed by atoms with Crippen LogP contribution in [0.3, 0.4) is 0 Å². The average molecular weight is 187 g/mol. The summed E-state index contributed by atoms with van der Waals surface area (Å²) in [5, 5.41) is 0. The number of pyridine rings is 1. The number of aryl methyl sites for hydroxylation is 2. The van der Waals surface area contributed by atoms with Gasteiger partial charge in [0.2, 0.25) is 0 Å². The third-order valence-corrected chi connectivity index (χ3v) is 3.90. The Balaban J connectivity index is 1.91. The highest BCUT2D eigenvalue weighted by Gasteiger charge is 2.52. The predicted octanol–water partition coefficient (Wildman–Crippen LogP) is 3.21. The second-order valence-electron chi connectivity index (χ2n) is 4.97. The van der Waals surface area contributed by atoms with Gasteiger partial charge in [-0.15, -0.1) is 0 Å². The van der Waals surface area contributed by atoms with Crippen molar-refractivity contribution in [2.45, 2.75) is 39.0 Å². The van der Waals surface area contributed by atoms with Crippen LogP contribution in [0.2, 0.25) is 0 Å². The van der Waals surface area contributed by atoms with Gasteiger partial charge in [0.1, 0.15) is 0 Å². The molecule has 1 aromatic rings. The summed E-state index contributed by atoms with van der Waals surface area (Å²) in [5.41, 5.74) is 3.93. The average Bonchev–Trinajstić information content (AvgIpc) is 2.59. The quantitative estimate of drug-likeness (QED) is 0.658. The smallest absolute Gasteiger partial charge is 0.0378 e. The zero-order valence-corrected chi connectivity index (χ0v) is 8.96. The number of hydrogen-bond acceptors (Lipinski definition) is 1. The fraction of sp³-hybridized carbons (Fsp3) is 0.615. The molecule has 3 rings (SSSR count). The molecule has 0 saturated heterocycles. The van der Waals surface area contributed by atoms with Gasteiger partial charge < -0.3 is 0 Å². The second kappa shape index (κ2) is 2.82. The van der Waals surface area contributed by atoms with E-state index in [1.807, 2.05) is 0 Å². The minimum absolute atomic E-state index is 0.893. The van der Waals surface area contributed by atoms with E-state index in [-0.39, 0.29) is 0 Å². The maximum Gasteiger partial charge on any atom is 0.0378 e. The molecule has 1 heteroatoms. The maximum atomic E-state index is 4.44. The molecule has 0 amide bonds. The molecule has 0 radical (unpaired) electrons. The van der Waals surface area contributed by atoms with Crippen molar-refractivity contribution in [2.75, 3.05) is 0 Å². The highest BCUT2D eigenvalue weighted by molar-refractivity contribution is 5.31. The molecule has 14 heavy (non-hydrogen) atoms. The van der Waals surface area contributed by atoms with Gasteiger partial charge in [-0.25, -0.2) is 0 Å². The summed E-state index contributed by atoms with van der Waals surface area (Å²) in [7, 11) is 0. The highest BCUT2D eigenvalue weighted by atomic mass is 14.7. The molecule has 2 atom stereocenters. The van der Waals surface area contributed by atoms with Crippen LogP contribution < -0.4 is 0 Å². The van der Waals surface area contributed by atoms with Crippen LogP contribution in [0.4, 0.5) is 0 Å². The fourth-order valence-corrected chi connectivity index (χ4v) is 3.38. The van der Waals surface area contributed by atoms with Crippen molar-refractivity contribution < 1.29 is 0 Å². The van der Waals surface area contributed by atoms with Crippen LogP contribution in [0, 0.1) is 25.7 Å². The number of hydrogen-bond donors (Lipinski definition) is 0. The Hall–Kier alpha value is -0.850. The normalized spacial score (nSPS) is 34.3. The summed E-state index contributed by atoms with van der Waals surface area (Å²) >= 11 is 0. The fourth-order valence-electron chi connectivity index (χ4n) is 3.38. The molecule has 2 unspecified atom stereocenters. The lowest BCUT2D eigenvalue weighted by molar-refractivity contribution is 0.680. The van der Waals surface area contributed by atoms with Crippen molar-refractivity contribution in [1.29, 1.82) is 0 Å². The Morgan fingerprint density at radius 3 is 2.21 bits per heavy atom. The number of rotatable bonds is 1. The minimum Gasteiger partial charge on any atom is -0.258 e. The van der Waals surface area contributed by atoms with Crippen LogP contribution in [0.25, 0.3) is 0 Å². The first kappa shape index (κ1) is 8.46. The third-order valence-electron chi connectivity index (χ3n) is 3.90. The third kappa shape index (κ3) is 1.18. The SMILES string of the molecule is Cc1cc(C2C3CCCC32)cc(C)n1. The minimum atomic E-state index is 0.893. The number of nitrogens with zero attached hydrogens (tertiary/aromatic N) is 1. The van der Waals surface area contributed by atoms with Crippen molar-refractivity contribution in [1.82, 2.24) is 4.98 Å². The Morgan fingerprint density at radius 1 is 1.07 bits per heavy atom. The van der Waals surface area contributed by atoms with Crippen molar-refractivity contribution in [3.8, 4) is 0 Å². The van der Waals surface area contributed by atoms with Crippen LogP contribution in [0.5, 0.6) is 0 Å². The molecular formula is C13H17N. The van der Waals surface area contributed by atoms with Crippen LogP contribution in [-0.2, 0) is 0 Å². The molecule has 0 aromatic carbocycles. The molecule has 74 valence electrons. The Labute approximate surface area is 85.6 Å². The Morgan fingerprint density at radius 2 is 1.64 bits per heavy atom. The summed E-state index contributed by atoms with van der Waals surface area (Å²) in [6.07, 6.45) is 4.40. The number of fused-ring (bicyclic) bond motifs is 1. The molecule has 2 aliphatic rings. The van der Waals surface area contributed by atoms with E-state index in [4.69, 9.17) is 0 Å². The van der Waals surface area contributed by atoms with E-state index in [2.05, 4.69) is 31.0 Å². The van der Waals surface area contributed by atoms with Gasteiger partial charge in [0, 0.05) is 11.4 Å². The van der Waals surface area contributed by atoms with Crippen molar-refractivity contribution in [2.24, 2.45) is 11.8 Å². The van der Waals surface area contributed by atoms with Gasteiger partial charge in [0.05, 0.1) is 0 Å². The topological polar surface area (TPSA) is 12.9 Å². The van der Waals surface area contributed by atoms with Gasteiger partial charge in [-0.1, -0.05) is 6.42 Å². The Kier molecular flexibility index (Phi) is 1.70. The van der Waals surface area contributed by atoms with Gasteiger partial charge in [0.25, 0.3) is 0 Å². The summed E-state index contributed by atoms with van der Waals surface area (Å²) in [5.74, 6) is 2.94. The monoisotopic (exact) mass is 187 g/mol. The predicted molar refractivity (Wildman–Crippen MR) is 57.3 cm³/mol. The van der Waals surface area contributed by atoms with E-state index in [1.54, 1.807) is 5.56 Å². The molecular weight excluding hydrogens is 170 g/mol. The van der Waals surface area contributed by atoms with E-state index in [0.717, 1.165) is 17.8 Å². The lowest BCUT2D eigenvalue weighted by Gasteiger charge is -2.05. The van der Waals surface area contributed by atoms with Crippen LogP contribution in [0.15, 0.2) is 12.1 Å². The molecule has 0 bridgehead atoms. The van der Waals surface area contributed by atoms with Crippen LogP contribution in [0.1, 0.15) is 42.1 Å². The second-order valence-corrected chi connectivity index (χ2v) is 4.97. The van der Waals surface area contributed by atoms with Crippen molar-refractivity contribution in [3.63, 3.8) is 0 Å². The first-order chi connectivity index (χ1) is 6.75. The van der Waals surface area contributed by atoms with E-state index in [1.165, 1.54) is 30.7 Å². The lowest BCUT2D eigenvalue weighted by Crippen LogP contribution is -1.93. The zero-order chi connectivity index (χ0) is 9.71. The first-order valence-electron chi connectivity index (χ1n) is 5.71. The van der Waals surface area contributed by atoms with Gasteiger partial charge >= 0.3 is 0 Å². The molecule has 2 aliphatic carbocycles. The first-order valence-corrected chi connectivity index (χ1v) is 5.71. The van der Waals surface area contributed by atoms with Crippen LogP contribution >= 0.6 is 0 Å². The maximum absolute atomic E-state index is 4.44. The molecule has 2 fully saturated rings. The molecule has 0 spiro atoms. The lowest BCUT2D eigenvalue weighted by atomic mass is 10.0. The van der Waals surface area contributed by atoms with E-state index in [9.17, 15) is 0 Å². The van der Waals surface area contributed by atoms with Crippen molar-refractivity contribution >= 4 is 0 Å². The van der Waals surface area contributed by atoms with E-state index in [0.29, 0.717) is 0 Å². The van der Waals surface area contributed by atoms with Crippen molar-refractivity contribution in [3.05, 3.63) is 29.1 Å². The number of aromatic nitrogens is 1. The molecule has 1 heterocycles. The van der Waals surface area contributed by atoms with Gasteiger partial charge in [-0.2, -0.15) is 0 Å². The molecule has 0 N–H and O–H groups in total. The summed E-state index contributed by atoms with van der Waals surface area (Å²) < 4.78 is 0. The summed E-state index contributed by atoms with van der Waals surface area (Å²) in [4.78, 5) is 4.44. The standard InChI is InChI=1S/C13H17N/c1-8-6-10(7-9(2)14-8)13-11-4-3-5-12(11)13/h6-7,11-13H,3-5H2,1-2H3. The van der Waals surface area contributed by atoms with E-state index < -0.39 is 0 Å². The van der Waals surface area contributed by atoms with Gasteiger partial charge in [0.15, 0.2) is 0 Å². The van der Waals surface area contributed by atoms with Gasteiger partial charge in [-0.3, -0.25) is 4.98 Å². The summed E-state index contributed by atoms with van der Waals surface area (Å²) in [6.45, 7) is 4.21. The molecule has 1 nitrogen and oxygen atoms in total. The molecule has 2 saturated carbocycles. The summed E-state index contributed by atoms with van der Waals surface area (Å²) in [6, 6.07) is 4.58. The largest absolute Gasteiger partial charge is 0.258 e. The zero-order valence-electron chi connectivity index (χ0n) is 8.96. The highest BCUT2D eigenvalue weighted by Crippen LogP contribution is 2.63. The Bertz CT molecular complexity index is 339. The molecule has 1 aromatic heterocycles. The molecule has 0 aliphatic heterocycles. The van der Waals surface area contributed by atoms with Crippen LogP contribution in [-0.4, -0.2) is 4.98 Å².